The average Bonchev–Trinajstić information content (AvgIpc) is 3.43. The zero-order valence-electron chi connectivity index (χ0n) is 16.1. The van der Waals surface area contributed by atoms with Crippen molar-refractivity contribution >= 4 is 17.2 Å². The normalized spacial score (nSPS) is 15.6. The molecule has 4 rings (SSSR count). The lowest BCUT2D eigenvalue weighted by Crippen LogP contribution is -2.45. The van der Waals surface area contributed by atoms with E-state index in [1.807, 2.05) is 29.5 Å². The van der Waals surface area contributed by atoms with Gasteiger partial charge in [0.15, 0.2) is 0 Å². The summed E-state index contributed by atoms with van der Waals surface area (Å²) in [6.45, 7) is 5.35. The minimum Gasteiger partial charge on any atom is -0.337 e. The highest BCUT2D eigenvalue weighted by molar-refractivity contribution is 7.13. The Kier molecular flexibility index (Phi) is 5.50. The third-order valence-corrected chi connectivity index (χ3v) is 6.31. The van der Waals surface area contributed by atoms with Gasteiger partial charge in [-0.3, -0.25) is 14.9 Å². The Bertz CT molecular complexity index is 929. The number of H-pyrrole nitrogens is 1. The van der Waals surface area contributed by atoms with Gasteiger partial charge in [0.2, 0.25) is 0 Å². The number of hydrogen-bond donors (Lipinski definition) is 1. The fourth-order valence-electron chi connectivity index (χ4n) is 3.65. The smallest absolute Gasteiger partial charge is 0.273 e. The molecular formula is C20H24N6OS. The number of amides is 1. The molecule has 8 heteroatoms. The number of aromatic amines is 1. The van der Waals surface area contributed by atoms with Crippen molar-refractivity contribution in [3.63, 3.8) is 0 Å². The van der Waals surface area contributed by atoms with E-state index in [4.69, 9.17) is 0 Å². The van der Waals surface area contributed by atoms with Crippen molar-refractivity contribution in [3.05, 3.63) is 41.8 Å². The van der Waals surface area contributed by atoms with Gasteiger partial charge in [-0.1, -0.05) is 6.92 Å². The summed E-state index contributed by atoms with van der Waals surface area (Å²) in [6, 6.07) is 4.13. The largest absolute Gasteiger partial charge is 0.337 e. The predicted octanol–water partition coefficient (Wildman–Crippen LogP) is 3.15. The molecule has 7 nitrogen and oxygen atoms in total. The molecule has 0 radical (unpaired) electrons. The topological polar surface area (TPSA) is 78.0 Å². The first-order valence-corrected chi connectivity index (χ1v) is 10.4. The second-order valence-electron chi connectivity index (χ2n) is 7.01. The molecule has 0 aliphatic carbocycles. The Labute approximate surface area is 168 Å². The van der Waals surface area contributed by atoms with Gasteiger partial charge in [0.1, 0.15) is 10.7 Å². The molecule has 146 valence electrons. The maximum Gasteiger partial charge on any atom is 0.273 e. The van der Waals surface area contributed by atoms with Gasteiger partial charge in [-0.25, -0.2) is 4.98 Å². The molecule has 0 saturated carbocycles. The van der Waals surface area contributed by atoms with Crippen molar-refractivity contribution in [2.45, 2.75) is 25.8 Å². The van der Waals surface area contributed by atoms with E-state index in [0.29, 0.717) is 5.69 Å². The summed E-state index contributed by atoms with van der Waals surface area (Å²) < 4.78 is 0. The number of hydrogen-bond acceptors (Lipinski definition) is 6. The van der Waals surface area contributed by atoms with Crippen LogP contribution in [-0.2, 0) is 0 Å². The molecule has 1 aliphatic heterocycles. The van der Waals surface area contributed by atoms with Crippen molar-refractivity contribution in [2.75, 3.05) is 26.7 Å². The summed E-state index contributed by atoms with van der Waals surface area (Å²) in [7, 11) is 1.90. The molecule has 1 aliphatic rings. The van der Waals surface area contributed by atoms with Crippen LogP contribution in [-0.4, -0.2) is 68.6 Å². The van der Waals surface area contributed by atoms with Crippen molar-refractivity contribution < 1.29 is 4.79 Å². The molecule has 0 bridgehead atoms. The van der Waals surface area contributed by atoms with E-state index in [2.05, 4.69) is 32.0 Å². The number of thiazole rings is 1. The lowest BCUT2D eigenvalue weighted by Gasteiger charge is -2.36. The van der Waals surface area contributed by atoms with Crippen molar-refractivity contribution in [3.8, 4) is 21.8 Å². The molecule has 0 unspecified atom stereocenters. The number of carbonyl (C=O) groups excluding carboxylic acids is 1. The Morgan fingerprint density at radius 2 is 2.07 bits per heavy atom. The first-order chi connectivity index (χ1) is 13.7. The van der Waals surface area contributed by atoms with Crippen molar-refractivity contribution in [1.82, 2.24) is 30.0 Å². The number of piperidine rings is 1. The van der Waals surface area contributed by atoms with Crippen LogP contribution >= 0.6 is 11.3 Å². The highest BCUT2D eigenvalue weighted by atomic mass is 32.1. The summed E-state index contributed by atoms with van der Waals surface area (Å²) >= 11 is 1.47. The standard InChI is InChI=1S/C20H24N6OS/c1-3-26-10-6-15(7-11-26)25(2)20(27)17-13-28-19(23-17)16-12-22-24-18(16)14-4-8-21-9-5-14/h4-5,8-9,12-13,15H,3,6-7,10-11H2,1-2H3,(H,22,24). The Hall–Kier alpha value is -2.58. The lowest BCUT2D eigenvalue weighted by molar-refractivity contribution is 0.0642. The lowest BCUT2D eigenvalue weighted by atomic mass is 10.0. The third-order valence-electron chi connectivity index (χ3n) is 5.43. The van der Waals surface area contributed by atoms with Crippen LogP contribution in [0.4, 0.5) is 0 Å². The van der Waals surface area contributed by atoms with Crippen LogP contribution in [0.5, 0.6) is 0 Å². The summed E-state index contributed by atoms with van der Waals surface area (Å²) in [5.74, 6) is -0.00796. The van der Waals surface area contributed by atoms with Crippen LogP contribution in [0.15, 0.2) is 36.1 Å². The molecule has 3 aromatic rings. The second-order valence-corrected chi connectivity index (χ2v) is 7.87. The van der Waals surface area contributed by atoms with Gasteiger partial charge in [-0.2, -0.15) is 5.10 Å². The third kappa shape index (κ3) is 3.70. The van der Waals surface area contributed by atoms with Gasteiger partial charge in [-0.05, 0) is 31.5 Å². The van der Waals surface area contributed by atoms with E-state index in [1.54, 1.807) is 18.6 Å². The van der Waals surface area contributed by atoms with E-state index in [-0.39, 0.29) is 11.9 Å². The molecule has 1 N–H and O–H groups in total. The number of rotatable bonds is 5. The summed E-state index contributed by atoms with van der Waals surface area (Å²) in [5.41, 5.74) is 3.28. The molecule has 28 heavy (non-hydrogen) atoms. The Morgan fingerprint density at radius 3 is 2.79 bits per heavy atom. The number of aromatic nitrogens is 4. The predicted molar refractivity (Wildman–Crippen MR) is 110 cm³/mol. The molecule has 4 heterocycles. The van der Waals surface area contributed by atoms with E-state index in [9.17, 15) is 4.79 Å². The molecule has 3 aromatic heterocycles. The van der Waals surface area contributed by atoms with Gasteiger partial charge in [0.25, 0.3) is 5.91 Å². The molecule has 1 saturated heterocycles. The Morgan fingerprint density at radius 1 is 1.32 bits per heavy atom. The number of pyridine rings is 1. The van der Waals surface area contributed by atoms with Gasteiger partial charge in [0, 0.05) is 49.5 Å². The average molecular weight is 397 g/mol. The Balaban J connectivity index is 1.51. The first-order valence-electron chi connectivity index (χ1n) is 9.56. The molecule has 1 fully saturated rings. The van der Waals surface area contributed by atoms with Crippen LogP contribution in [0.3, 0.4) is 0 Å². The van der Waals surface area contributed by atoms with E-state index in [0.717, 1.165) is 54.3 Å². The summed E-state index contributed by atoms with van der Waals surface area (Å²) in [6.07, 6.45) is 7.28. The van der Waals surface area contributed by atoms with E-state index in [1.165, 1.54) is 11.3 Å². The van der Waals surface area contributed by atoms with Crippen molar-refractivity contribution in [1.29, 1.82) is 0 Å². The molecule has 0 spiro atoms. The monoisotopic (exact) mass is 396 g/mol. The quantitative estimate of drug-likeness (QED) is 0.717. The molecular weight excluding hydrogens is 372 g/mol. The van der Waals surface area contributed by atoms with Gasteiger partial charge >= 0.3 is 0 Å². The summed E-state index contributed by atoms with van der Waals surface area (Å²) in [4.78, 5) is 25.9. The fraction of sp³-hybridized carbons (Fsp3) is 0.400. The molecule has 0 atom stereocenters. The zero-order chi connectivity index (χ0) is 19.5. The van der Waals surface area contributed by atoms with Crippen molar-refractivity contribution in [2.24, 2.45) is 0 Å². The SMILES string of the molecule is CCN1CCC(N(C)C(=O)c2csc(-c3cn[nH]c3-c3ccncc3)n2)CC1. The van der Waals surface area contributed by atoms with Crippen LogP contribution in [0.25, 0.3) is 21.8 Å². The number of carbonyl (C=O) groups is 1. The van der Waals surface area contributed by atoms with E-state index < -0.39 is 0 Å². The zero-order valence-corrected chi connectivity index (χ0v) is 16.9. The minimum atomic E-state index is -0.00796. The molecule has 0 aromatic carbocycles. The van der Waals surface area contributed by atoms with Crippen LogP contribution < -0.4 is 0 Å². The van der Waals surface area contributed by atoms with E-state index >= 15 is 0 Å². The second kappa shape index (κ2) is 8.20. The maximum atomic E-state index is 13.0. The maximum absolute atomic E-state index is 13.0. The number of likely N-dealkylation sites (tertiary alicyclic amines) is 1. The highest BCUT2D eigenvalue weighted by Gasteiger charge is 2.27. The van der Waals surface area contributed by atoms with Crippen LogP contribution in [0, 0.1) is 0 Å². The first kappa shape index (κ1) is 18.8. The van der Waals surface area contributed by atoms with Gasteiger partial charge in [-0.15, -0.1) is 11.3 Å². The molecule has 1 amide bonds. The van der Waals surface area contributed by atoms with Crippen LogP contribution in [0.1, 0.15) is 30.3 Å². The fourth-order valence-corrected chi connectivity index (χ4v) is 4.46. The minimum absolute atomic E-state index is 0.00796. The summed E-state index contributed by atoms with van der Waals surface area (Å²) in [5, 5.41) is 9.84. The number of nitrogens with zero attached hydrogens (tertiary/aromatic N) is 5. The van der Waals surface area contributed by atoms with Gasteiger partial charge < -0.3 is 9.80 Å². The van der Waals surface area contributed by atoms with Crippen LogP contribution in [0.2, 0.25) is 0 Å². The number of nitrogens with one attached hydrogen (secondary N) is 1. The van der Waals surface area contributed by atoms with Gasteiger partial charge in [0.05, 0.1) is 17.5 Å². The highest BCUT2D eigenvalue weighted by Crippen LogP contribution is 2.32.